The second-order valence-electron chi connectivity index (χ2n) is 4.24. The maximum atomic E-state index is 11.9. The average molecular weight is 277 g/mol. The lowest BCUT2D eigenvalue weighted by atomic mass is 10.2. The molecule has 1 aliphatic rings. The van der Waals surface area contributed by atoms with Crippen LogP contribution in [0.5, 0.6) is 0 Å². The van der Waals surface area contributed by atoms with E-state index in [1.807, 2.05) is 6.92 Å². The normalized spacial score (nSPS) is 18.2. The van der Waals surface area contributed by atoms with Crippen molar-refractivity contribution in [3.8, 4) is 0 Å². The number of carbonyl (C=O) groups excluding carboxylic acids is 1. The lowest BCUT2D eigenvalue weighted by Crippen LogP contribution is -2.40. The van der Waals surface area contributed by atoms with Gasteiger partial charge in [0.15, 0.2) is 5.76 Å². The number of aliphatic carboxylic acids is 1. The van der Waals surface area contributed by atoms with Gasteiger partial charge in [0, 0.05) is 0 Å². The van der Waals surface area contributed by atoms with Gasteiger partial charge in [-0.1, -0.05) is 13.3 Å². The van der Waals surface area contributed by atoms with Crippen molar-refractivity contribution in [2.75, 3.05) is 0 Å². The van der Waals surface area contributed by atoms with E-state index in [4.69, 9.17) is 10.2 Å². The quantitative estimate of drug-likeness (QED) is 0.474. The Kier molecular flexibility index (Phi) is 4.00. The molecule has 0 unspecified atom stereocenters. The van der Waals surface area contributed by atoms with Crippen LogP contribution in [-0.2, 0) is 19.6 Å². The van der Waals surface area contributed by atoms with Crippen molar-refractivity contribution in [1.82, 2.24) is 4.72 Å². The van der Waals surface area contributed by atoms with Crippen LogP contribution in [-0.4, -0.2) is 35.3 Å². The van der Waals surface area contributed by atoms with Crippen molar-refractivity contribution in [2.45, 2.75) is 37.4 Å². The first-order chi connectivity index (χ1) is 8.24. The predicted octanol–water partition coefficient (Wildman–Crippen LogP) is 0.292. The van der Waals surface area contributed by atoms with Crippen molar-refractivity contribution in [3.63, 3.8) is 0 Å². The molecular formula is C10H15NO6S. The van der Waals surface area contributed by atoms with Crippen LogP contribution in [0.3, 0.4) is 0 Å². The molecule has 1 aliphatic carbocycles. The maximum absolute atomic E-state index is 11.9. The third-order valence-corrected chi connectivity index (χ3v) is 5.01. The van der Waals surface area contributed by atoms with Gasteiger partial charge in [-0.3, -0.25) is 4.79 Å². The molecule has 1 amide bonds. The Hall–Kier alpha value is -1.57. The van der Waals surface area contributed by atoms with Gasteiger partial charge < -0.3 is 10.2 Å². The van der Waals surface area contributed by atoms with E-state index in [1.54, 1.807) is 4.72 Å². The first kappa shape index (κ1) is 14.5. The van der Waals surface area contributed by atoms with Crippen LogP contribution >= 0.6 is 0 Å². The van der Waals surface area contributed by atoms with Crippen LogP contribution in [0, 0.1) is 0 Å². The van der Waals surface area contributed by atoms with E-state index >= 15 is 0 Å². The molecule has 0 aromatic rings. The summed E-state index contributed by atoms with van der Waals surface area (Å²) < 4.78 is 24.5. The van der Waals surface area contributed by atoms with Crippen molar-refractivity contribution in [1.29, 1.82) is 0 Å². The van der Waals surface area contributed by atoms with E-state index < -0.39 is 32.4 Å². The summed E-state index contributed by atoms with van der Waals surface area (Å²) in [5.74, 6) is -3.99. The Morgan fingerprint density at radius 3 is 2.28 bits per heavy atom. The third kappa shape index (κ3) is 3.00. The minimum absolute atomic E-state index is 0.240. The number of carboxylic acids is 1. The topological polar surface area (TPSA) is 121 Å². The monoisotopic (exact) mass is 277 g/mol. The van der Waals surface area contributed by atoms with Gasteiger partial charge in [0.05, 0.1) is 10.8 Å². The molecule has 1 saturated carbocycles. The highest BCUT2D eigenvalue weighted by Gasteiger charge is 2.54. The second kappa shape index (κ2) is 4.97. The summed E-state index contributed by atoms with van der Waals surface area (Å²) in [5, 5.41) is 17.4. The standard InChI is InChI=1S/C10H15NO6S/c1-2-3-10(4-5-10)18(16,17)11-9(15)7(12)6-8(13)14/h6,12H,2-5H2,1H3,(H,11,15)(H,13,14)/b7-6-. The number of amides is 1. The first-order valence-electron chi connectivity index (χ1n) is 5.44. The summed E-state index contributed by atoms with van der Waals surface area (Å²) >= 11 is 0. The Labute approximate surface area is 105 Å². The van der Waals surface area contributed by atoms with Crippen molar-refractivity contribution in [2.24, 2.45) is 0 Å². The second-order valence-corrected chi connectivity index (χ2v) is 6.31. The summed E-state index contributed by atoms with van der Waals surface area (Å²) in [7, 11) is -3.88. The zero-order valence-electron chi connectivity index (χ0n) is 9.84. The van der Waals surface area contributed by atoms with Gasteiger partial charge in [0.2, 0.25) is 10.0 Å². The number of rotatable bonds is 6. The fourth-order valence-corrected chi connectivity index (χ4v) is 3.39. The summed E-state index contributed by atoms with van der Waals surface area (Å²) in [6.45, 7) is 1.83. The number of aliphatic hydroxyl groups is 1. The summed E-state index contributed by atoms with van der Waals surface area (Å²) in [6.07, 6.45) is 2.26. The van der Waals surface area contributed by atoms with Gasteiger partial charge >= 0.3 is 5.97 Å². The fraction of sp³-hybridized carbons (Fsp3) is 0.600. The Morgan fingerprint density at radius 1 is 1.33 bits per heavy atom. The molecule has 0 atom stereocenters. The van der Waals surface area contributed by atoms with Crippen molar-refractivity contribution in [3.05, 3.63) is 11.8 Å². The van der Waals surface area contributed by atoms with E-state index in [0.29, 0.717) is 25.7 Å². The van der Waals surface area contributed by atoms with Gasteiger partial charge in [-0.2, -0.15) is 0 Å². The fourth-order valence-electron chi connectivity index (χ4n) is 1.71. The highest BCUT2D eigenvalue weighted by Crippen LogP contribution is 2.46. The molecule has 0 bridgehead atoms. The molecule has 7 nitrogen and oxygen atoms in total. The van der Waals surface area contributed by atoms with Gasteiger partial charge in [-0.15, -0.1) is 0 Å². The van der Waals surface area contributed by atoms with Gasteiger partial charge in [0.1, 0.15) is 0 Å². The maximum Gasteiger partial charge on any atom is 0.332 e. The molecule has 8 heteroatoms. The predicted molar refractivity (Wildman–Crippen MR) is 62.3 cm³/mol. The van der Waals surface area contributed by atoms with E-state index in [2.05, 4.69) is 0 Å². The van der Waals surface area contributed by atoms with Gasteiger partial charge in [0.25, 0.3) is 5.91 Å². The highest BCUT2D eigenvalue weighted by molar-refractivity contribution is 7.91. The molecule has 0 radical (unpaired) electrons. The molecule has 1 rings (SSSR count). The third-order valence-electron chi connectivity index (χ3n) is 2.80. The van der Waals surface area contributed by atoms with Crippen LogP contribution in [0.25, 0.3) is 0 Å². The lowest BCUT2D eigenvalue weighted by Gasteiger charge is -2.15. The van der Waals surface area contributed by atoms with Gasteiger partial charge in [-0.25, -0.2) is 17.9 Å². The molecule has 3 N–H and O–H groups in total. The molecule has 0 heterocycles. The number of hydrogen-bond donors (Lipinski definition) is 3. The van der Waals surface area contributed by atoms with E-state index in [1.165, 1.54) is 0 Å². The summed E-state index contributed by atoms with van der Waals surface area (Å²) in [6, 6.07) is 0. The van der Waals surface area contributed by atoms with Crippen molar-refractivity contribution >= 4 is 21.9 Å². The molecule has 0 aromatic carbocycles. The molecular weight excluding hydrogens is 262 g/mol. The Balaban J connectivity index is 2.79. The number of carboxylic acid groups (broad SMARTS) is 1. The average Bonchev–Trinajstić information content (AvgIpc) is 2.98. The zero-order valence-corrected chi connectivity index (χ0v) is 10.7. The molecule has 0 aliphatic heterocycles. The van der Waals surface area contributed by atoms with E-state index in [-0.39, 0.29) is 6.08 Å². The lowest BCUT2D eigenvalue weighted by molar-refractivity contribution is -0.132. The summed E-state index contributed by atoms with van der Waals surface area (Å²) in [4.78, 5) is 21.5. The first-order valence-corrected chi connectivity index (χ1v) is 6.93. The van der Waals surface area contributed by atoms with Gasteiger partial charge in [-0.05, 0) is 19.3 Å². The molecule has 102 valence electrons. The number of hydrogen-bond acceptors (Lipinski definition) is 5. The molecule has 0 aromatic heterocycles. The highest BCUT2D eigenvalue weighted by atomic mass is 32.2. The number of sulfonamides is 1. The van der Waals surface area contributed by atoms with E-state index in [9.17, 15) is 18.0 Å². The zero-order chi connectivity index (χ0) is 14.0. The molecule has 0 spiro atoms. The van der Waals surface area contributed by atoms with Crippen LogP contribution in [0.4, 0.5) is 0 Å². The van der Waals surface area contributed by atoms with Crippen LogP contribution < -0.4 is 4.72 Å². The molecule has 1 fully saturated rings. The molecule has 0 saturated heterocycles. The van der Waals surface area contributed by atoms with Crippen LogP contribution in [0.1, 0.15) is 32.6 Å². The minimum atomic E-state index is -3.88. The molecule has 18 heavy (non-hydrogen) atoms. The summed E-state index contributed by atoms with van der Waals surface area (Å²) in [5.41, 5.74) is 0. The largest absolute Gasteiger partial charge is 0.503 e. The number of carbonyl (C=O) groups is 2. The van der Waals surface area contributed by atoms with Crippen LogP contribution in [0.2, 0.25) is 0 Å². The van der Waals surface area contributed by atoms with E-state index in [0.717, 1.165) is 0 Å². The Morgan fingerprint density at radius 2 is 1.89 bits per heavy atom. The number of aliphatic hydroxyl groups excluding tert-OH is 1. The Bertz CT molecular complexity index is 488. The minimum Gasteiger partial charge on any atom is -0.503 e. The van der Waals surface area contributed by atoms with Crippen LogP contribution in [0.15, 0.2) is 11.8 Å². The number of nitrogens with one attached hydrogen (secondary N) is 1. The van der Waals surface area contributed by atoms with Crippen molar-refractivity contribution < 1.29 is 28.2 Å². The smallest absolute Gasteiger partial charge is 0.332 e. The SMILES string of the molecule is CCCC1(S(=O)(=O)NC(=O)/C(O)=C/C(=O)O)CC1.